The fourth-order valence-corrected chi connectivity index (χ4v) is 4.44. The summed E-state index contributed by atoms with van der Waals surface area (Å²) in [5.41, 5.74) is 0.979. The van der Waals surface area contributed by atoms with Crippen molar-refractivity contribution in [1.29, 1.82) is 0 Å². The molecule has 0 radical (unpaired) electrons. The number of aromatic nitrogens is 2. The van der Waals surface area contributed by atoms with E-state index in [1.165, 1.54) is 0 Å². The number of nitrogens with one attached hydrogen (secondary N) is 1. The van der Waals surface area contributed by atoms with E-state index in [9.17, 15) is 9.90 Å². The van der Waals surface area contributed by atoms with Gasteiger partial charge < -0.3 is 10.1 Å². The zero-order valence-corrected chi connectivity index (χ0v) is 14.2. The molecule has 1 fully saturated rings. The maximum absolute atomic E-state index is 12.3. The van der Waals surface area contributed by atoms with Gasteiger partial charge in [0.25, 0.3) is 5.56 Å². The van der Waals surface area contributed by atoms with Crippen LogP contribution < -0.4 is 5.56 Å². The zero-order chi connectivity index (χ0) is 15.9. The van der Waals surface area contributed by atoms with Crippen LogP contribution in [0.5, 0.6) is 0 Å². The van der Waals surface area contributed by atoms with Gasteiger partial charge in [-0.2, -0.15) is 0 Å². The predicted molar refractivity (Wildman–Crippen MR) is 89.4 cm³/mol. The van der Waals surface area contributed by atoms with Crippen LogP contribution in [0.1, 0.15) is 36.0 Å². The number of nitrogens with zero attached hydrogens (tertiary/aromatic N) is 2. The smallest absolute Gasteiger partial charge is 0.259 e. The lowest BCUT2D eigenvalue weighted by Crippen LogP contribution is -2.46. The van der Waals surface area contributed by atoms with Gasteiger partial charge in [-0.15, -0.1) is 11.3 Å². The summed E-state index contributed by atoms with van der Waals surface area (Å²) in [4.78, 5) is 24.1. The van der Waals surface area contributed by atoms with Crippen LogP contribution in [0.4, 0.5) is 0 Å². The summed E-state index contributed by atoms with van der Waals surface area (Å²) < 4.78 is 0. The molecule has 6 heteroatoms. The van der Waals surface area contributed by atoms with E-state index in [2.05, 4.69) is 21.8 Å². The van der Waals surface area contributed by atoms with Crippen LogP contribution in [0, 0.1) is 19.8 Å². The minimum atomic E-state index is -0.0487. The standard InChI is InChI=1S/C16H23N3O2S/c1-9-5-4-6-19(12(9)8-20)7-13-17-15(21)14-10(2)11(3)22-16(14)18-13/h9,12,20H,4-8H2,1-3H3,(H,17,18,21). The first-order chi connectivity index (χ1) is 10.5. The van der Waals surface area contributed by atoms with Crippen molar-refractivity contribution in [2.45, 2.75) is 46.2 Å². The first-order valence-corrected chi connectivity index (χ1v) is 8.66. The molecule has 0 aromatic carbocycles. The summed E-state index contributed by atoms with van der Waals surface area (Å²) in [5, 5.41) is 10.4. The Hall–Kier alpha value is -1.24. The molecule has 2 N–H and O–H groups in total. The van der Waals surface area contributed by atoms with Crippen molar-refractivity contribution in [2.24, 2.45) is 5.92 Å². The molecule has 1 aliphatic heterocycles. The number of H-pyrrole nitrogens is 1. The molecule has 3 heterocycles. The molecule has 3 rings (SSSR count). The highest BCUT2D eigenvalue weighted by atomic mass is 32.1. The lowest BCUT2D eigenvalue weighted by atomic mass is 9.91. The van der Waals surface area contributed by atoms with Crippen molar-refractivity contribution >= 4 is 21.6 Å². The number of rotatable bonds is 3. The van der Waals surface area contributed by atoms with E-state index in [1.807, 2.05) is 13.8 Å². The van der Waals surface area contributed by atoms with Crippen LogP contribution in [0.2, 0.25) is 0 Å². The maximum atomic E-state index is 12.3. The summed E-state index contributed by atoms with van der Waals surface area (Å²) in [6, 6.07) is 0.154. The number of aryl methyl sites for hydroxylation is 2. The van der Waals surface area contributed by atoms with Gasteiger partial charge in [-0.05, 0) is 44.7 Å². The number of hydrogen-bond donors (Lipinski definition) is 2. The number of hydrogen-bond acceptors (Lipinski definition) is 5. The molecule has 5 nitrogen and oxygen atoms in total. The van der Waals surface area contributed by atoms with Gasteiger partial charge in [-0.3, -0.25) is 9.69 Å². The summed E-state index contributed by atoms with van der Waals surface area (Å²) in [5.74, 6) is 1.17. The van der Waals surface area contributed by atoms with E-state index >= 15 is 0 Å². The quantitative estimate of drug-likeness (QED) is 0.909. The van der Waals surface area contributed by atoms with E-state index in [4.69, 9.17) is 0 Å². The van der Waals surface area contributed by atoms with E-state index in [1.54, 1.807) is 11.3 Å². The van der Waals surface area contributed by atoms with Crippen molar-refractivity contribution in [3.63, 3.8) is 0 Å². The number of fused-ring (bicyclic) bond motifs is 1. The highest BCUT2D eigenvalue weighted by Gasteiger charge is 2.28. The lowest BCUT2D eigenvalue weighted by Gasteiger charge is -2.38. The highest BCUT2D eigenvalue weighted by Crippen LogP contribution is 2.27. The Morgan fingerprint density at radius 2 is 2.23 bits per heavy atom. The minimum absolute atomic E-state index is 0.0487. The van der Waals surface area contributed by atoms with Gasteiger partial charge in [-0.1, -0.05) is 6.92 Å². The number of piperidine rings is 1. The molecule has 0 saturated carbocycles. The van der Waals surface area contributed by atoms with Gasteiger partial charge in [0, 0.05) is 10.9 Å². The van der Waals surface area contributed by atoms with E-state index < -0.39 is 0 Å². The fourth-order valence-electron chi connectivity index (χ4n) is 3.39. The van der Waals surface area contributed by atoms with E-state index in [-0.39, 0.29) is 18.2 Å². The topological polar surface area (TPSA) is 69.2 Å². The number of likely N-dealkylation sites (tertiary alicyclic amines) is 1. The van der Waals surface area contributed by atoms with Gasteiger partial charge in [0.2, 0.25) is 0 Å². The Morgan fingerprint density at radius 1 is 1.45 bits per heavy atom. The second-order valence-electron chi connectivity index (χ2n) is 6.32. The molecule has 22 heavy (non-hydrogen) atoms. The summed E-state index contributed by atoms with van der Waals surface area (Å²) >= 11 is 1.58. The second kappa shape index (κ2) is 6.10. The van der Waals surface area contributed by atoms with Gasteiger partial charge in [0.15, 0.2) is 0 Å². The number of aliphatic hydroxyl groups excluding tert-OH is 1. The van der Waals surface area contributed by atoms with Crippen LogP contribution in [0.15, 0.2) is 4.79 Å². The third-order valence-electron chi connectivity index (χ3n) is 4.86. The molecule has 0 amide bonds. The molecular formula is C16H23N3O2S. The molecule has 0 spiro atoms. The van der Waals surface area contributed by atoms with Crippen LogP contribution in [-0.2, 0) is 6.54 Å². The van der Waals surface area contributed by atoms with Gasteiger partial charge in [0.05, 0.1) is 18.5 Å². The molecule has 0 aliphatic carbocycles. The Bertz CT molecular complexity index is 737. The van der Waals surface area contributed by atoms with Crippen LogP contribution in [0.3, 0.4) is 0 Å². The first kappa shape index (κ1) is 15.6. The molecule has 2 atom stereocenters. The fraction of sp³-hybridized carbons (Fsp3) is 0.625. The van der Waals surface area contributed by atoms with E-state index in [0.717, 1.165) is 40.0 Å². The molecule has 0 bridgehead atoms. The monoisotopic (exact) mass is 321 g/mol. The van der Waals surface area contributed by atoms with Gasteiger partial charge in [0.1, 0.15) is 10.7 Å². The number of aromatic amines is 1. The second-order valence-corrected chi connectivity index (χ2v) is 7.52. The summed E-state index contributed by atoms with van der Waals surface area (Å²) in [6.45, 7) is 7.87. The zero-order valence-electron chi connectivity index (χ0n) is 13.3. The van der Waals surface area contributed by atoms with Gasteiger partial charge >= 0.3 is 0 Å². The van der Waals surface area contributed by atoms with Crippen LogP contribution in [0.25, 0.3) is 10.2 Å². The van der Waals surface area contributed by atoms with Crippen molar-refractivity contribution in [2.75, 3.05) is 13.2 Å². The van der Waals surface area contributed by atoms with Crippen molar-refractivity contribution in [3.8, 4) is 0 Å². The van der Waals surface area contributed by atoms with Crippen LogP contribution >= 0.6 is 11.3 Å². The molecule has 120 valence electrons. The summed E-state index contributed by atoms with van der Waals surface area (Å²) in [7, 11) is 0. The van der Waals surface area contributed by atoms with Gasteiger partial charge in [-0.25, -0.2) is 4.98 Å². The molecule has 1 aliphatic rings. The Morgan fingerprint density at radius 3 is 2.95 bits per heavy atom. The summed E-state index contributed by atoms with van der Waals surface area (Å²) in [6.07, 6.45) is 2.27. The SMILES string of the molecule is Cc1sc2nc(CN3CCCC(C)C3CO)[nH]c(=O)c2c1C. The van der Waals surface area contributed by atoms with Crippen molar-refractivity contribution in [3.05, 3.63) is 26.6 Å². The Kier molecular flexibility index (Phi) is 4.34. The van der Waals surface area contributed by atoms with Crippen molar-refractivity contribution in [1.82, 2.24) is 14.9 Å². The van der Waals surface area contributed by atoms with Crippen LogP contribution in [-0.4, -0.2) is 39.2 Å². The highest BCUT2D eigenvalue weighted by molar-refractivity contribution is 7.18. The minimum Gasteiger partial charge on any atom is -0.395 e. The predicted octanol–water partition coefficient (Wildman–Crippen LogP) is 2.19. The van der Waals surface area contributed by atoms with E-state index in [0.29, 0.717) is 18.3 Å². The molecule has 1 saturated heterocycles. The Labute approximate surface area is 134 Å². The Balaban J connectivity index is 1.92. The molecule has 2 unspecified atom stereocenters. The third kappa shape index (κ3) is 2.71. The number of aliphatic hydroxyl groups is 1. The third-order valence-corrected chi connectivity index (χ3v) is 5.96. The lowest BCUT2D eigenvalue weighted by molar-refractivity contribution is 0.0454. The average molecular weight is 321 g/mol. The molecule has 2 aromatic heterocycles. The maximum Gasteiger partial charge on any atom is 0.259 e. The van der Waals surface area contributed by atoms with Crippen molar-refractivity contribution < 1.29 is 5.11 Å². The normalized spacial score (nSPS) is 23.3. The molecular weight excluding hydrogens is 298 g/mol. The number of thiophene rings is 1. The largest absolute Gasteiger partial charge is 0.395 e. The first-order valence-electron chi connectivity index (χ1n) is 7.85. The molecule has 2 aromatic rings. The average Bonchev–Trinajstić information content (AvgIpc) is 2.74.